The average molecular weight is 430 g/mol. The third-order valence-corrected chi connectivity index (χ3v) is 5.52. The van der Waals surface area contributed by atoms with Gasteiger partial charge in [-0.2, -0.15) is 0 Å². The van der Waals surface area contributed by atoms with Gasteiger partial charge in [-0.1, -0.05) is 42.0 Å². The lowest BCUT2D eigenvalue weighted by Crippen LogP contribution is -2.36. The van der Waals surface area contributed by atoms with E-state index in [2.05, 4.69) is 16.0 Å². The van der Waals surface area contributed by atoms with Crippen molar-refractivity contribution in [1.82, 2.24) is 10.6 Å². The second-order valence-corrected chi connectivity index (χ2v) is 7.75. The molecule has 0 aliphatic heterocycles. The quantitative estimate of drug-likeness (QED) is 0.503. The van der Waals surface area contributed by atoms with Gasteiger partial charge in [-0.3, -0.25) is 14.4 Å². The van der Waals surface area contributed by atoms with E-state index in [4.69, 9.17) is 11.6 Å². The van der Waals surface area contributed by atoms with Crippen LogP contribution in [0.15, 0.2) is 48.5 Å². The lowest BCUT2D eigenvalue weighted by molar-refractivity contribution is -0.120. The third kappa shape index (κ3) is 5.34. The Labute approximate surface area is 177 Å². The van der Waals surface area contributed by atoms with Crippen LogP contribution >= 0.6 is 22.9 Å². The molecule has 0 spiro atoms. The molecular formula is C21H20ClN3O3S. The number of benzene rings is 2. The van der Waals surface area contributed by atoms with Gasteiger partial charge in [0.25, 0.3) is 5.91 Å². The molecule has 8 heteroatoms. The van der Waals surface area contributed by atoms with Gasteiger partial charge in [0.15, 0.2) is 0 Å². The summed E-state index contributed by atoms with van der Waals surface area (Å²) in [5, 5.41) is 9.21. The van der Waals surface area contributed by atoms with Crippen molar-refractivity contribution in [1.29, 1.82) is 0 Å². The van der Waals surface area contributed by atoms with E-state index >= 15 is 0 Å². The van der Waals surface area contributed by atoms with Gasteiger partial charge in [-0.15, -0.1) is 22.9 Å². The number of carbonyl (C=O) groups excluding carboxylic acids is 3. The Bertz CT molecular complexity index is 1050. The minimum absolute atomic E-state index is 0.169. The average Bonchev–Trinajstić information content (AvgIpc) is 3.08. The van der Waals surface area contributed by atoms with Crippen LogP contribution in [0.2, 0.25) is 0 Å². The molecule has 0 atom stereocenters. The Morgan fingerprint density at radius 2 is 1.76 bits per heavy atom. The highest BCUT2D eigenvalue weighted by Crippen LogP contribution is 2.36. The Hall–Kier alpha value is -2.90. The van der Waals surface area contributed by atoms with Crippen LogP contribution in [0.25, 0.3) is 10.1 Å². The molecule has 0 radical (unpaired) electrons. The number of aryl methyl sites for hydroxylation is 1. The molecule has 0 aliphatic carbocycles. The number of amides is 3. The fraction of sp³-hybridized carbons (Fsp3) is 0.190. The van der Waals surface area contributed by atoms with E-state index in [0.29, 0.717) is 17.1 Å². The topological polar surface area (TPSA) is 87.3 Å². The molecule has 1 heterocycles. The lowest BCUT2D eigenvalue weighted by Gasteiger charge is -2.09. The van der Waals surface area contributed by atoms with Crippen LogP contribution in [0, 0.1) is 6.92 Å². The van der Waals surface area contributed by atoms with Gasteiger partial charge < -0.3 is 16.0 Å². The van der Waals surface area contributed by atoms with E-state index in [1.807, 2.05) is 55.5 Å². The van der Waals surface area contributed by atoms with E-state index in [9.17, 15) is 14.4 Å². The number of rotatable bonds is 7. The zero-order valence-corrected chi connectivity index (χ0v) is 17.3. The third-order valence-electron chi connectivity index (χ3n) is 4.19. The molecule has 0 saturated heterocycles. The standard InChI is InChI=1S/C21H20ClN3O3S/c1-13-7-8-16-15(9-13)19(21(29-16)25-17(26)10-22)20(28)24-12-18(27)23-11-14-5-3-2-4-6-14/h2-9H,10-12H2,1H3,(H,23,27)(H,24,28)(H,25,26). The summed E-state index contributed by atoms with van der Waals surface area (Å²) in [6.07, 6.45) is 0. The first-order valence-electron chi connectivity index (χ1n) is 8.95. The molecule has 0 aliphatic rings. The van der Waals surface area contributed by atoms with Gasteiger partial charge in [0, 0.05) is 16.6 Å². The summed E-state index contributed by atoms with van der Waals surface area (Å²) in [6.45, 7) is 2.14. The zero-order chi connectivity index (χ0) is 20.8. The first-order chi connectivity index (χ1) is 14.0. The summed E-state index contributed by atoms with van der Waals surface area (Å²) < 4.78 is 0.860. The van der Waals surface area contributed by atoms with Crippen LogP contribution in [0.1, 0.15) is 21.5 Å². The molecule has 3 rings (SSSR count). The fourth-order valence-electron chi connectivity index (χ4n) is 2.79. The second-order valence-electron chi connectivity index (χ2n) is 6.43. The van der Waals surface area contributed by atoms with E-state index in [1.54, 1.807) is 0 Å². The number of alkyl halides is 1. The number of hydrogen-bond acceptors (Lipinski definition) is 4. The van der Waals surface area contributed by atoms with Crippen molar-refractivity contribution in [3.63, 3.8) is 0 Å². The monoisotopic (exact) mass is 429 g/mol. The number of hydrogen-bond donors (Lipinski definition) is 3. The van der Waals surface area contributed by atoms with Gasteiger partial charge in [0.1, 0.15) is 10.9 Å². The minimum Gasteiger partial charge on any atom is -0.350 e. The van der Waals surface area contributed by atoms with Crippen molar-refractivity contribution in [3.05, 3.63) is 65.2 Å². The lowest BCUT2D eigenvalue weighted by atomic mass is 10.1. The molecule has 0 bridgehead atoms. The highest BCUT2D eigenvalue weighted by atomic mass is 35.5. The maximum absolute atomic E-state index is 12.8. The van der Waals surface area contributed by atoms with Crippen molar-refractivity contribution in [3.8, 4) is 0 Å². The molecule has 3 N–H and O–H groups in total. The number of thiophene rings is 1. The molecule has 0 unspecified atom stereocenters. The van der Waals surface area contributed by atoms with Gasteiger partial charge in [0.05, 0.1) is 12.1 Å². The van der Waals surface area contributed by atoms with Crippen LogP contribution in [0.4, 0.5) is 5.00 Å². The molecule has 2 aromatic carbocycles. The number of halogens is 1. The largest absolute Gasteiger partial charge is 0.350 e. The van der Waals surface area contributed by atoms with Crippen molar-refractivity contribution in [2.24, 2.45) is 0 Å². The number of nitrogens with one attached hydrogen (secondary N) is 3. The number of anilines is 1. The fourth-order valence-corrected chi connectivity index (χ4v) is 3.96. The van der Waals surface area contributed by atoms with E-state index < -0.39 is 11.8 Å². The molecule has 6 nitrogen and oxygen atoms in total. The second kappa shape index (κ2) is 9.54. The Kier molecular flexibility index (Phi) is 6.85. The molecular weight excluding hydrogens is 410 g/mol. The maximum atomic E-state index is 12.8. The van der Waals surface area contributed by atoms with Gasteiger partial charge >= 0.3 is 0 Å². The molecule has 150 valence electrons. The SMILES string of the molecule is Cc1ccc2sc(NC(=O)CCl)c(C(=O)NCC(=O)NCc3ccccc3)c2c1. The zero-order valence-electron chi connectivity index (χ0n) is 15.8. The Balaban J connectivity index is 1.72. The van der Waals surface area contributed by atoms with Crippen molar-refractivity contribution in [2.45, 2.75) is 13.5 Å². The van der Waals surface area contributed by atoms with Crippen LogP contribution in [-0.2, 0) is 16.1 Å². The molecule has 3 aromatic rings. The van der Waals surface area contributed by atoms with E-state index in [0.717, 1.165) is 21.2 Å². The molecule has 0 saturated carbocycles. The smallest absolute Gasteiger partial charge is 0.255 e. The summed E-state index contributed by atoms with van der Waals surface area (Å²) >= 11 is 6.88. The normalized spacial score (nSPS) is 10.6. The Morgan fingerprint density at radius 3 is 2.48 bits per heavy atom. The van der Waals surface area contributed by atoms with Gasteiger partial charge in [-0.05, 0) is 24.6 Å². The summed E-state index contributed by atoms with van der Waals surface area (Å²) in [5.41, 5.74) is 2.29. The molecule has 0 fully saturated rings. The minimum atomic E-state index is -0.429. The first-order valence-corrected chi connectivity index (χ1v) is 10.3. The van der Waals surface area contributed by atoms with E-state index in [1.165, 1.54) is 11.3 Å². The molecule has 29 heavy (non-hydrogen) atoms. The summed E-state index contributed by atoms with van der Waals surface area (Å²) in [5.74, 6) is -1.34. The van der Waals surface area contributed by atoms with Crippen LogP contribution in [0.3, 0.4) is 0 Å². The number of carbonyl (C=O) groups is 3. The molecule has 3 amide bonds. The first kappa shape index (κ1) is 20.8. The predicted molar refractivity (Wildman–Crippen MR) is 117 cm³/mol. The Morgan fingerprint density at radius 1 is 1.00 bits per heavy atom. The highest BCUT2D eigenvalue weighted by Gasteiger charge is 2.21. The maximum Gasteiger partial charge on any atom is 0.255 e. The van der Waals surface area contributed by atoms with E-state index in [-0.39, 0.29) is 18.3 Å². The van der Waals surface area contributed by atoms with Crippen molar-refractivity contribution in [2.75, 3.05) is 17.7 Å². The summed E-state index contributed by atoms with van der Waals surface area (Å²) in [6, 6.07) is 15.2. The molecule has 1 aromatic heterocycles. The van der Waals surface area contributed by atoms with Crippen LogP contribution in [-0.4, -0.2) is 30.1 Å². The van der Waals surface area contributed by atoms with Crippen LogP contribution in [0.5, 0.6) is 0 Å². The number of fused-ring (bicyclic) bond motifs is 1. The summed E-state index contributed by atoms with van der Waals surface area (Å²) in [7, 11) is 0. The predicted octanol–water partition coefficient (Wildman–Crippen LogP) is 3.43. The highest BCUT2D eigenvalue weighted by molar-refractivity contribution is 7.23. The van der Waals surface area contributed by atoms with Crippen molar-refractivity contribution < 1.29 is 14.4 Å². The van der Waals surface area contributed by atoms with Gasteiger partial charge in [-0.25, -0.2) is 0 Å². The van der Waals surface area contributed by atoms with Crippen molar-refractivity contribution >= 4 is 55.7 Å². The summed E-state index contributed by atoms with van der Waals surface area (Å²) in [4.78, 5) is 36.7. The van der Waals surface area contributed by atoms with Crippen LogP contribution < -0.4 is 16.0 Å². The van der Waals surface area contributed by atoms with Gasteiger partial charge in [0.2, 0.25) is 11.8 Å².